The van der Waals surface area contributed by atoms with Gasteiger partial charge in [0, 0.05) is 0 Å². The van der Waals surface area contributed by atoms with Crippen LogP contribution >= 0.6 is 0 Å². The van der Waals surface area contributed by atoms with Crippen molar-refractivity contribution >= 4 is 6.29 Å². The van der Waals surface area contributed by atoms with Crippen molar-refractivity contribution in [2.24, 2.45) is 0 Å². The van der Waals surface area contributed by atoms with E-state index in [1.54, 1.807) is 6.92 Å². The zero-order valence-electron chi connectivity index (χ0n) is 9.47. The van der Waals surface area contributed by atoms with Gasteiger partial charge in [0.25, 0.3) is 0 Å². The van der Waals surface area contributed by atoms with E-state index in [1.807, 2.05) is 13.8 Å². The zero-order chi connectivity index (χ0) is 10.7. The molecular formula is C11H23NO. The lowest BCUT2D eigenvalue weighted by Gasteiger charge is -2.01. The van der Waals surface area contributed by atoms with E-state index < -0.39 is 0 Å². The Labute approximate surface area is 82.6 Å². The van der Waals surface area contributed by atoms with Crippen LogP contribution in [-0.4, -0.2) is 31.3 Å². The lowest BCUT2D eigenvalue weighted by atomic mass is 10.4. The summed E-state index contributed by atoms with van der Waals surface area (Å²) < 4.78 is 0. The summed E-state index contributed by atoms with van der Waals surface area (Å²) in [6, 6.07) is 0. The highest BCUT2D eigenvalue weighted by Crippen LogP contribution is 2.01. The maximum atomic E-state index is 9.41. The van der Waals surface area contributed by atoms with Crippen molar-refractivity contribution in [1.29, 1.82) is 0 Å². The molecule has 0 aromatic rings. The first-order valence-electron chi connectivity index (χ1n) is 4.96. The molecule has 2 heteroatoms. The van der Waals surface area contributed by atoms with Gasteiger partial charge < -0.3 is 4.90 Å². The lowest BCUT2D eigenvalue weighted by Crippen LogP contribution is -2.10. The summed E-state index contributed by atoms with van der Waals surface area (Å²) in [4.78, 5) is 11.8. The van der Waals surface area contributed by atoms with Gasteiger partial charge in [-0.25, -0.2) is 0 Å². The summed E-state index contributed by atoms with van der Waals surface area (Å²) in [5.74, 6) is 0. The molecule has 1 aliphatic heterocycles. The lowest BCUT2D eigenvalue weighted by molar-refractivity contribution is -0.104. The minimum absolute atomic E-state index is 0.574. The number of carbonyl (C=O) groups excluding carboxylic acids is 1. The van der Waals surface area contributed by atoms with Gasteiger partial charge in [0.05, 0.1) is 0 Å². The molecule has 0 aromatic carbocycles. The molecule has 1 saturated heterocycles. The predicted octanol–water partition coefficient (Wildman–Crippen LogP) is 2.50. The smallest absolute Gasteiger partial charge is 0.145 e. The molecule has 13 heavy (non-hydrogen) atoms. The van der Waals surface area contributed by atoms with Crippen LogP contribution in [0.1, 0.15) is 33.6 Å². The van der Waals surface area contributed by atoms with Crippen LogP contribution in [0.25, 0.3) is 0 Å². The molecule has 0 spiro atoms. The molecular weight excluding hydrogens is 162 g/mol. The molecule has 1 aliphatic rings. The van der Waals surface area contributed by atoms with Crippen LogP contribution in [0.5, 0.6) is 0 Å². The van der Waals surface area contributed by atoms with Crippen LogP contribution in [0, 0.1) is 0 Å². The fourth-order valence-corrected chi connectivity index (χ4v) is 0.875. The maximum Gasteiger partial charge on any atom is 0.145 e. The number of carbonyl (C=O) groups is 1. The van der Waals surface area contributed by atoms with Gasteiger partial charge in [0.15, 0.2) is 0 Å². The third-order valence-electron chi connectivity index (χ3n) is 1.53. The van der Waals surface area contributed by atoms with Crippen molar-refractivity contribution < 1.29 is 4.79 Å². The average molecular weight is 185 g/mol. The van der Waals surface area contributed by atoms with Crippen LogP contribution in [0.3, 0.4) is 0 Å². The molecule has 1 heterocycles. The van der Waals surface area contributed by atoms with Crippen molar-refractivity contribution in [1.82, 2.24) is 4.90 Å². The Balaban J connectivity index is 0. The van der Waals surface area contributed by atoms with Crippen LogP contribution in [0.15, 0.2) is 12.2 Å². The Morgan fingerprint density at radius 3 is 1.69 bits per heavy atom. The van der Waals surface area contributed by atoms with Gasteiger partial charge in [0.2, 0.25) is 0 Å². The summed E-state index contributed by atoms with van der Waals surface area (Å²) in [7, 11) is 2.17. The molecule has 0 aliphatic carbocycles. The fraction of sp³-hybridized carbons (Fsp3) is 0.727. The highest BCUT2D eigenvalue weighted by atomic mass is 16.1. The number of rotatable bonds is 1. The van der Waals surface area contributed by atoms with Crippen LogP contribution < -0.4 is 0 Å². The van der Waals surface area contributed by atoms with Gasteiger partial charge in [-0.1, -0.05) is 20.4 Å². The molecule has 1 rings (SSSR count). The minimum atomic E-state index is 0.574. The minimum Gasteiger partial charge on any atom is -0.306 e. The monoisotopic (exact) mass is 185 g/mol. The Hall–Kier alpha value is -0.630. The molecule has 1 fully saturated rings. The molecule has 0 unspecified atom stereocenters. The Bertz CT molecular complexity index is 126. The van der Waals surface area contributed by atoms with Crippen molar-refractivity contribution in [3.8, 4) is 0 Å². The van der Waals surface area contributed by atoms with E-state index in [0.717, 1.165) is 6.29 Å². The summed E-state index contributed by atoms with van der Waals surface area (Å²) >= 11 is 0. The number of allylic oxidation sites excluding steroid dienone is 1. The SMILES string of the molecule is C=C(C)C=O.CC.CN1CCCC1. The Morgan fingerprint density at radius 2 is 1.62 bits per heavy atom. The van der Waals surface area contributed by atoms with Crippen LogP contribution in [0.4, 0.5) is 0 Å². The summed E-state index contributed by atoms with van der Waals surface area (Å²) in [5.41, 5.74) is 0.574. The normalized spacial score (nSPS) is 14.8. The molecule has 0 bridgehead atoms. The van der Waals surface area contributed by atoms with Crippen molar-refractivity contribution in [3.05, 3.63) is 12.2 Å². The molecule has 0 aromatic heterocycles. The average Bonchev–Trinajstić information content (AvgIpc) is 2.60. The number of hydrogen-bond acceptors (Lipinski definition) is 2. The molecule has 0 N–H and O–H groups in total. The highest BCUT2D eigenvalue weighted by Gasteiger charge is 2.03. The second-order valence-electron chi connectivity index (χ2n) is 2.97. The van der Waals surface area contributed by atoms with Crippen LogP contribution in [-0.2, 0) is 4.79 Å². The van der Waals surface area contributed by atoms with Gasteiger partial charge >= 0.3 is 0 Å². The summed E-state index contributed by atoms with van der Waals surface area (Å²) in [6.45, 7) is 11.6. The molecule has 2 nitrogen and oxygen atoms in total. The summed E-state index contributed by atoms with van der Waals surface area (Å²) in [6.07, 6.45) is 3.55. The Morgan fingerprint density at radius 1 is 1.31 bits per heavy atom. The first-order valence-corrected chi connectivity index (χ1v) is 4.96. The largest absolute Gasteiger partial charge is 0.306 e. The summed E-state index contributed by atoms with van der Waals surface area (Å²) in [5, 5.41) is 0. The van der Waals surface area contributed by atoms with Gasteiger partial charge in [-0.3, -0.25) is 4.79 Å². The van der Waals surface area contributed by atoms with E-state index in [4.69, 9.17) is 0 Å². The molecule has 0 radical (unpaired) electrons. The third kappa shape index (κ3) is 14.2. The first-order chi connectivity index (χ1) is 6.16. The number of aldehydes is 1. The topological polar surface area (TPSA) is 20.3 Å². The molecule has 0 amide bonds. The Kier molecular flexibility index (Phi) is 13.0. The second-order valence-corrected chi connectivity index (χ2v) is 2.97. The standard InChI is InChI=1S/C5H11N.C4H6O.C2H6/c1-6-4-2-3-5-6;1-4(2)3-5;1-2/h2-5H2,1H3;3H,1H2,2H3;1-2H3. The third-order valence-corrected chi connectivity index (χ3v) is 1.53. The molecule has 78 valence electrons. The number of nitrogens with zero attached hydrogens (tertiary/aromatic N) is 1. The van der Waals surface area contributed by atoms with E-state index in [-0.39, 0.29) is 0 Å². The van der Waals surface area contributed by atoms with Crippen LogP contribution in [0.2, 0.25) is 0 Å². The van der Waals surface area contributed by atoms with E-state index in [2.05, 4.69) is 18.5 Å². The van der Waals surface area contributed by atoms with E-state index in [1.165, 1.54) is 25.9 Å². The first kappa shape index (κ1) is 14.9. The fourth-order valence-electron chi connectivity index (χ4n) is 0.875. The number of likely N-dealkylation sites (tertiary alicyclic amines) is 1. The highest BCUT2D eigenvalue weighted by molar-refractivity contribution is 5.70. The van der Waals surface area contributed by atoms with Gasteiger partial charge in [-0.05, 0) is 45.5 Å². The quantitative estimate of drug-likeness (QED) is 0.462. The van der Waals surface area contributed by atoms with Gasteiger partial charge in [-0.2, -0.15) is 0 Å². The van der Waals surface area contributed by atoms with E-state index in [0.29, 0.717) is 5.57 Å². The number of hydrogen-bond donors (Lipinski definition) is 0. The maximum absolute atomic E-state index is 9.41. The van der Waals surface area contributed by atoms with Gasteiger partial charge in [0.1, 0.15) is 6.29 Å². The zero-order valence-corrected chi connectivity index (χ0v) is 9.47. The van der Waals surface area contributed by atoms with Crippen molar-refractivity contribution in [2.45, 2.75) is 33.6 Å². The van der Waals surface area contributed by atoms with Gasteiger partial charge in [-0.15, -0.1) is 0 Å². The van der Waals surface area contributed by atoms with Crippen molar-refractivity contribution in [3.63, 3.8) is 0 Å². The molecule has 0 saturated carbocycles. The second kappa shape index (κ2) is 11.4. The molecule has 0 atom stereocenters. The van der Waals surface area contributed by atoms with E-state index >= 15 is 0 Å². The predicted molar refractivity (Wildman–Crippen MR) is 59.0 cm³/mol. The van der Waals surface area contributed by atoms with Crippen molar-refractivity contribution in [2.75, 3.05) is 20.1 Å². The van der Waals surface area contributed by atoms with E-state index in [9.17, 15) is 4.79 Å².